The predicted molar refractivity (Wildman–Crippen MR) is 85.5 cm³/mol. The van der Waals surface area contributed by atoms with Gasteiger partial charge in [0.2, 0.25) is 0 Å². The molecule has 0 radical (unpaired) electrons. The Labute approximate surface area is 127 Å². The van der Waals surface area contributed by atoms with Crippen molar-refractivity contribution in [3.05, 3.63) is 24.0 Å². The molecule has 0 bridgehead atoms. The van der Waals surface area contributed by atoms with Crippen LogP contribution in [0.25, 0.3) is 0 Å². The van der Waals surface area contributed by atoms with Gasteiger partial charge in [0, 0.05) is 19.6 Å². The van der Waals surface area contributed by atoms with Crippen LogP contribution in [0.4, 0.5) is 5.69 Å². The molecule has 3 rings (SSSR count). The summed E-state index contributed by atoms with van der Waals surface area (Å²) in [4.78, 5) is 9.42. The van der Waals surface area contributed by atoms with Crippen molar-refractivity contribution in [3.8, 4) is 0 Å². The van der Waals surface area contributed by atoms with Crippen LogP contribution in [0.1, 0.15) is 44.4 Å². The highest BCUT2D eigenvalue weighted by Gasteiger charge is 2.23. The second-order valence-corrected chi connectivity index (χ2v) is 6.56. The molecule has 1 atom stereocenters. The molecule has 116 valence electrons. The third-order valence-electron chi connectivity index (χ3n) is 4.89. The average Bonchev–Trinajstić information content (AvgIpc) is 3.01. The molecule has 1 N–H and O–H groups in total. The van der Waals surface area contributed by atoms with Crippen molar-refractivity contribution >= 4 is 5.69 Å². The minimum Gasteiger partial charge on any atom is -0.387 e. The van der Waals surface area contributed by atoms with Gasteiger partial charge >= 0.3 is 0 Å². The summed E-state index contributed by atoms with van der Waals surface area (Å²) in [5, 5.41) is 9.51. The third kappa shape index (κ3) is 3.74. The lowest BCUT2D eigenvalue weighted by molar-refractivity contribution is 0.194. The van der Waals surface area contributed by atoms with Gasteiger partial charge in [-0.25, -0.2) is 0 Å². The number of pyridine rings is 1. The van der Waals surface area contributed by atoms with Gasteiger partial charge in [0.25, 0.3) is 0 Å². The van der Waals surface area contributed by atoms with Crippen molar-refractivity contribution in [2.24, 2.45) is 5.92 Å². The van der Waals surface area contributed by atoms with Gasteiger partial charge in [0.05, 0.1) is 23.7 Å². The van der Waals surface area contributed by atoms with E-state index < -0.39 is 6.10 Å². The van der Waals surface area contributed by atoms with E-state index in [0.29, 0.717) is 0 Å². The van der Waals surface area contributed by atoms with E-state index in [9.17, 15) is 5.11 Å². The van der Waals surface area contributed by atoms with Crippen LogP contribution < -0.4 is 4.90 Å². The zero-order chi connectivity index (χ0) is 14.7. The lowest BCUT2D eigenvalue weighted by Gasteiger charge is -2.35. The molecule has 1 aromatic rings. The highest BCUT2D eigenvalue weighted by molar-refractivity contribution is 5.45. The quantitative estimate of drug-likeness (QED) is 0.924. The highest BCUT2D eigenvalue weighted by atomic mass is 16.3. The van der Waals surface area contributed by atoms with Crippen LogP contribution in [0.2, 0.25) is 0 Å². The first-order valence-electron chi connectivity index (χ1n) is 8.33. The molecular weight excluding hydrogens is 262 g/mol. The number of aromatic nitrogens is 1. The van der Waals surface area contributed by atoms with E-state index in [0.717, 1.165) is 24.7 Å². The standard InChI is InChI=1S/C17H27N3O/c1-14(21)17-5-4-16(12-18-17)20-10-6-15(7-11-20)13-19-8-2-3-9-19/h4-5,12,14-15,21H,2-3,6-11,13H2,1H3/t14-/m1/s1. The van der Waals surface area contributed by atoms with Crippen LogP contribution in [-0.4, -0.2) is 47.7 Å². The van der Waals surface area contributed by atoms with Gasteiger partial charge in [-0.05, 0) is 63.7 Å². The van der Waals surface area contributed by atoms with Crippen LogP contribution >= 0.6 is 0 Å². The lowest BCUT2D eigenvalue weighted by atomic mass is 9.96. The summed E-state index contributed by atoms with van der Waals surface area (Å²) in [6.45, 7) is 7.94. The highest BCUT2D eigenvalue weighted by Crippen LogP contribution is 2.25. The maximum absolute atomic E-state index is 9.51. The van der Waals surface area contributed by atoms with Gasteiger partial charge < -0.3 is 14.9 Å². The lowest BCUT2D eigenvalue weighted by Crippen LogP contribution is -2.38. The molecule has 0 amide bonds. The fraction of sp³-hybridized carbons (Fsp3) is 0.706. The molecule has 2 fully saturated rings. The van der Waals surface area contributed by atoms with E-state index in [1.165, 1.54) is 51.0 Å². The molecule has 2 saturated heterocycles. The summed E-state index contributed by atoms with van der Waals surface area (Å²) in [6.07, 6.45) is 6.78. The van der Waals surface area contributed by atoms with Gasteiger partial charge in [-0.1, -0.05) is 0 Å². The second kappa shape index (κ2) is 6.75. The Balaban J connectivity index is 1.50. The van der Waals surface area contributed by atoms with E-state index in [1.807, 2.05) is 12.3 Å². The topological polar surface area (TPSA) is 39.6 Å². The Kier molecular flexibility index (Phi) is 4.76. The van der Waals surface area contributed by atoms with Gasteiger partial charge in [-0.15, -0.1) is 0 Å². The number of anilines is 1. The Bertz CT molecular complexity index is 432. The summed E-state index contributed by atoms with van der Waals surface area (Å²) >= 11 is 0. The van der Waals surface area contributed by atoms with Gasteiger partial charge in [0.1, 0.15) is 0 Å². The second-order valence-electron chi connectivity index (χ2n) is 6.56. The van der Waals surface area contributed by atoms with Gasteiger partial charge in [0.15, 0.2) is 0 Å². The Morgan fingerprint density at radius 2 is 1.90 bits per heavy atom. The normalized spacial score (nSPS) is 22.7. The largest absolute Gasteiger partial charge is 0.387 e. The minimum absolute atomic E-state index is 0.481. The smallest absolute Gasteiger partial charge is 0.0931 e. The van der Waals surface area contributed by atoms with Crippen LogP contribution in [0, 0.1) is 5.92 Å². The summed E-state index contributed by atoms with van der Waals surface area (Å²) in [5.41, 5.74) is 1.95. The molecule has 0 unspecified atom stereocenters. The fourth-order valence-electron chi connectivity index (χ4n) is 3.54. The SMILES string of the molecule is C[C@@H](O)c1ccc(N2CCC(CN3CCCC3)CC2)cn1. The molecule has 0 saturated carbocycles. The first-order chi connectivity index (χ1) is 10.2. The number of rotatable bonds is 4. The van der Waals surface area contributed by atoms with E-state index >= 15 is 0 Å². The summed E-state index contributed by atoms with van der Waals surface area (Å²) in [7, 11) is 0. The number of likely N-dealkylation sites (tertiary alicyclic amines) is 1. The molecule has 3 heterocycles. The fourth-order valence-corrected chi connectivity index (χ4v) is 3.54. The van der Waals surface area contributed by atoms with Crippen LogP contribution in [0.5, 0.6) is 0 Å². The Morgan fingerprint density at radius 3 is 2.48 bits per heavy atom. The molecule has 21 heavy (non-hydrogen) atoms. The third-order valence-corrected chi connectivity index (χ3v) is 4.89. The van der Waals surface area contributed by atoms with E-state index in [1.54, 1.807) is 6.92 Å². The minimum atomic E-state index is -0.481. The van der Waals surface area contributed by atoms with Crippen LogP contribution in [0.15, 0.2) is 18.3 Å². The molecule has 4 heteroatoms. The molecule has 0 aromatic carbocycles. The molecule has 0 aliphatic carbocycles. The van der Waals surface area contributed by atoms with Crippen molar-refractivity contribution in [1.29, 1.82) is 0 Å². The van der Waals surface area contributed by atoms with Gasteiger partial charge in [-0.2, -0.15) is 0 Å². The molecular formula is C17H27N3O. The summed E-state index contributed by atoms with van der Waals surface area (Å²) in [5.74, 6) is 0.865. The Morgan fingerprint density at radius 1 is 1.19 bits per heavy atom. The van der Waals surface area contributed by atoms with Crippen molar-refractivity contribution in [3.63, 3.8) is 0 Å². The maximum Gasteiger partial charge on any atom is 0.0931 e. The zero-order valence-electron chi connectivity index (χ0n) is 13.0. The molecule has 0 spiro atoms. The number of hydrogen-bond donors (Lipinski definition) is 1. The molecule has 2 aliphatic rings. The number of aliphatic hydroxyl groups excluding tert-OH is 1. The first-order valence-corrected chi connectivity index (χ1v) is 8.33. The average molecular weight is 289 g/mol. The van der Waals surface area contributed by atoms with Crippen molar-refractivity contribution in [2.75, 3.05) is 37.6 Å². The molecule has 1 aromatic heterocycles. The molecule has 2 aliphatic heterocycles. The number of aliphatic hydroxyl groups is 1. The van der Waals surface area contributed by atoms with Crippen LogP contribution in [-0.2, 0) is 0 Å². The van der Waals surface area contributed by atoms with Crippen molar-refractivity contribution in [2.45, 2.75) is 38.7 Å². The van der Waals surface area contributed by atoms with Gasteiger partial charge in [-0.3, -0.25) is 4.98 Å². The zero-order valence-corrected chi connectivity index (χ0v) is 13.0. The van der Waals surface area contributed by atoms with Crippen molar-refractivity contribution < 1.29 is 5.11 Å². The number of nitrogens with zero attached hydrogens (tertiary/aromatic N) is 3. The van der Waals surface area contributed by atoms with Crippen molar-refractivity contribution in [1.82, 2.24) is 9.88 Å². The number of piperidine rings is 1. The summed E-state index contributed by atoms with van der Waals surface area (Å²) < 4.78 is 0. The van der Waals surface area contributed by atoms with E-state index in [4.69, 9.17) is 0 Å². The number of hydrogen-bond acceptors (Lipinski definition) is 4. The van der Waals surface area contributed by atoms with Crippen LogP contribution in [0.3, 0.4) is 0 Å². The van der Waals surface area contributed by atoms with E-state index in [2.05, 4.69) is 20.9 Å². The summed E-state index contributed by atoms with van der Waals surface area (Å²) in [6, 6.07) is 4.03. The Hall–Kier alpha value is -1.13. The molecule has 4 nitrogen and oxygen atoms in total. The monoisotopic (exact) mass is 289 g/mol. The van der Waals surface area contributed by atoms with E-state index in [-0.39, 0.29) is 0 Å². The predicted octanol–water partition coefficient (Wildman–Crippen LogP) is 2.45. The first kappa shape index (κ1) is 14.8. The maximum atomic E-state index is 9.51.